The first-order valence-corrected chi connectivity index (χ1v) is 5.20. The number of carbonyl (C=O) groups is 3. The van der Waals surface area contributed by atoms with Crippen molar-refractivity contribution in [2.75, 3.05) is 0 Å². The van der Waals surface area contributed by atoms with Crippen LogP contribution in [0.15, 0.2) is 18.2 Å². The SMILES string of the molecule is CC(Cc1ccc2c(c1)C(=O)NC2=O)C(=O)O. The molecule has 1 atom stereocenters. The Morgan fingerprint density at radius 1 is 1.29 bits per heavy atom. The first kappa shape index (κ1) is 11.3. The van der Waals surface area contributed by atoms with E-state index in [1.807, 2.05) is 0 Å². The fourth-order valence-corrected chi connectivity index (χ4v) is 1.78. The number of hydrogen-bond donors (Lipinski definition) is 2. The van der Waals surface area contributed by atoms with Crippen molar-refractivity contribution in [3.8, 4) is 0 Å². The standard InChI is InChI=1S/C12H11NO4/c1-6(12(16)17)4-7-2-3-8-9(5-7)11(15)13-10(8)14/h2-3,5-6H,4H2,1H3,(H,16,17)(H,13,14,15). The summed E-state index contributed by atoms with van der Waals surface area (Å²) in [6, 6.07) is 4.81. The molecule has 17 heavy (non-hydrogen) atoms. The molecule has 5 nitrogen and oxygen atoms in total. The van der Waals surface area contributed by atoms with Crippen molar-refractivity contribution in [3.63, 3.8) is 0 Å². The highest BCUT2D eigenvalue weighted by atomic mass is 16.4. The third kappa shape index (κ3) is 2.04. The van der Waals surface area contributed by atoms with E-state index >= 15 is 0 Å². The second-order valence-corrected chi connectivity index (χ2v) is 4.11. The highest BCUT2D eigenvalue weighted by molar-refractivity contribution is 6.21. The summed E-state index contributed by atoms with van der Waals surface area (Å²) in [5.41, 5.74) is 1.41. The summed E-state index contributed by atoms with van der Waals surface area (Å²) in [4.78, 5) is 33.4. The van der Waals surface area contributed by atoms with Gasteiger partial charge < -0.3 is 5.11 Å². The molecule has 0 aromatic heterocycles. The average Bonchev–Trinajstić information content (AvgIpc) is 2.54. The number of benzene rings is 1. The zero-order chi connectivity index (χ0) is 12.6. The van der Waals surface area contributed by atoms with Crippen LogP contribution in [0.4, 0.5) is 0 Å². The van der Waals surface area contributed by atoms with E-state index in [9.17, 15) is 14.4 Å². The Labute approximate surface area is 97.4 Å². The van der Waals surface area contributed by atoms with Crippen LogP contribution < -0.4 is 5.32 Å². The highest BCUT2D eigenvalue weighted by Gasteiger charge is 2.26. The van der Waals surface area contributed by atoms with Gasteiger partial charge in [0.05, 0.1) is 17.0 Å². The van der Waals surface area contributed by atoms with Crippen LogP contribution in [-0.2, 0) is 11.2 Å². The second kappa shape index (κ2) is 4.01. The summed E-state index contributed by atoms with van der Waals surface area (Å²) in [6.45, 7) is 1.60. The molecule has 2 N–H and O–H groups in total. The number of fused-ring (bicyclic) bond motifs is 1. The Morgan fingerprint density at radius 2 is 1.94 bits per heavy atom. The van der Waals surface area contributed by atoms with Gasteiger partial charge in [0.25, 0.3) is 11.8 Å². The maximum atomic E-state index is 11.4. The number of imide groups is 1. The van der Waals surface area contributed by atoms with Gasteiger partial charge in [-0.15, -0.1) is 0 Å². The molecule has 88 valence electrons. The third-order valence-corrected chi connectivity index (χ3v) is 2.76. The van der Waals surface area contributed by atoms with E-state index in [4.69, 9.17) is 5.11 Å². The topological polar surface area (TPSA) is 83.5 Å². The smallest absolute Gasteiger partial charge is 0.306 e. The van der Waals surface area contributed by atoms with Gasteiger partial charge >= 0.3 is 5.97 Å². The molecule has 1 aliphatic rings. The van der Waals surface area contributed by atoms with E-state index in [0.717, 1.165) is 5.56 Å². The molecular weight excluding hydrogens is 222 g/mol. The molecule has 1 aromatic rings. The molecule has 5 heteroatoms. The molecule has 0 bridgehead atoms. The quantitative estimate of drug-likeness (QED) is 0.757. The van der Waals surface area contributed by atoms with Gasteiger partial charge in [0.15, 0.2) is 0 Å². The maximum absolute atomic E-state index is 11.4. The van der Waals surface area contributed by atoms with Crippen molar-refractivity contribution in [3.05, 3.63) is 34.9 Å². The Bertz CT molecular complexity index is 521. The van der Waals surface area contributed by atoms with E-state index in [2.05, 4.69) is 5.32 Å². The fourth-order valence-electron chi connectivity index (χ4n) is 1.78. The molecule has 1 aromatic carbocycles. The van der Waals surface area contributed by atoms with E-state index in [-0.39, 0.29) is 0 Å². The van der Waals surface area contributed by atoms with Crippen molar-refractivity contribution in [2.45, 2.75) is 13.3 Å². The minimum atomic E-state index is -0.883. The molecule has 0 saturated carbocycles. The molecule has 0 radical (unpaired) electrons. The minimum Gasteiger partial charge on any atom is -0.481 e. The van der Waals surface area contributed by atoms with Crippen molar-refractivity contribution in [1.82, 2.24) is 5.32 Å². The molecule has 1 unspecified atom stereocenters. The average molecular weight is 233 g/mol. The van der Waals surface area contributed by atoms with Gasteiger partial charge in [-0.25, -0.2) is 0 Å². The highest BCUT2D eigenvalue weighted by Crippen LogP contribution is 2.19. The number of carboxylic acid groups (broad SMARTS) is 1. The largest absolute Gasteiger partial charge is 0.481 e. The molecule has 0 saturated heterocycles. The van der Waals surface area contributed by atoms with Crippen LogP contribution in [-0.4, -0.2) is 22.9 Å². The Morgan fingerprint density at radius 3 is 2.59 bits per heavy atom. The lowest BCUT2D eigenvalue weighted by Gasteiger charge is -2.06. The van der Waals surface area contributed by atoms with E-state index in [1.165, 1.54) is 0 Å². The van der Waals surface area contributed by atoms with Crippen LogP contribution in [0.25, 0.3) is 0 Å². The van der Waals surface area contributed by atoms with Crippen molar-refractivity contribution >= 4 is 17.8 Å². The van der Waals surface area contributed by atoms with Crippen LogP contribution in [0.3, 0.4) is 0 Å². The number of carboxylic acids is 1. The summed E-state index contributed by atoms with van der Waals surface area (Å²) in [7, 11) is 0. The van der Waals surface area contributed by atoms with Gasteiger partial charge in [-0.05, 0) is 24.1 Å². The van der Waals surface area contributed by atoms with Gasteiger partial charge in [0, 0.05) is 0 Å². The summed E-state index contributed by atoms with van der Waals surface area (Å²) < 4.78 is 0. The fraction of sp³-hybridized carbons (Fsp3) is 0.250. The molecular formula is C12H11NO4. The van der Waals surface area contributed by atoms with Crippen LogP contribution in [0.5, 0.6) is 0 Å². The zero-order valence-electron chi connectivity index (χ0n) is 9.19. The lowest BCUT2D eigenvalue weighted by atomic mass is 9.98. The third-order valence-electron chi connectivity index (χ3n) is 2.76. The minimum absolute atomic E-state index is 0.324. The number of aliphatic carboxylic acids is 1. The summed E-state index contributed by atoms with van der Waals surface area (Å²) in [6.07, 6.45) is 0.337. The van der Waals surface area contributed by atoms with Crippen molar-refractivity contribution in [1.29, 1.82) is 0 Å². The Kier molecular flexibility index (Phi) is 2.67. The van der Waals surface area contributed by atoms with Crippen LogP contribution in [0.2, 0.25) is 0 Å². The van der Waals surface area contributed by atoms with Gasteiger partial charge in [-0.3, -0.25) is 19.7 Å². The summed E-state index contributed by atoms with van der Waals surface area (Å²) in [5, 5.41) is 11.0. The maximum Gasteiger partial charge on any atom is 0.306 e. The molecule has 1 heterocycles. The lowest BCUT2D eigenvalue weighted by molar-refractivity contribution is -0.141. The van der Waals surface area contributed by atoms with Crippen LogP contribution in [0, 0.1) is 5.92 Å². The van der Waals surface area contributed by atoms with Crippen molar-refractivity contribution in [2.24, 2.45) is 5.92 Å². The number of carbonyl (C=O) groups excluding carboxylic acids is 2. The zero-order valence-corrected chi connectivity index (χ0v) is 9.19. The molecule has 2 amide bonds. The molecule has 0 spiro atoms. The normalized spacial score (nSPS) is 15.4. The number of rotatable bonds is 3. The predicted molar refractivity (Wildman–Crippen MR) is 58.7 cm³/mol. The van der Waals surface area contributed by atoms with E-state index in [0.29, 0.717) is 17.5 Å². The Hall–Kier alpha value is -2.17. The number of nitrogens with one attached hydrogen (secondary N) is 1. The number of hydrogen-bond acceptors (Lipinski definition) is 3. The van der Waals surface area contributed by atoms with Crippen LogP contribution >= 0.6 is 0 Å². The summed E-state index contributed by atoms with van der Waals surface area (Å²) in [5.74, 6) is -2.23. The molecule has 1 aliphatic heterocycles. The van der Waals surface area contributed by atoms with Gasteiger partial charge in [0.1, 0.15) is 0 Å². The first-order chi connectivity index (χ1) is 7.99. The van der Waals surface area contributed by atoms with Gasteiger partial charge in [-0.2, -0.15) is 0 Å². The first-order valence-electron chi connectivity index (χ1n) is 5.20. The predicted octanol–water partition coefficient (Wildman–Crippen LogP) is 0.833. The molecule has 0 aliphatic carbocycles. The monoisotopic (exact) mass is 233 g/mol. The molecule has 2 rings (SSSR count). The van der Waals surface area contributed by atoms with Gasteiger partial charge in [-0.1, -0.05) is 13.0 Å². The number of amides is 2. The van der Waals surface area contributed by atoms with E-state index in [1.54, 1.807) is 25.1 Å². The second-order valence-electron chi connectivity index (χ2n) is 4.11. The molecule has 0 fully saturated rings. The lowest BCUT2D eigenvalue weighted by Crippen LogP contribution is -2.19. The van der Waals surface area contributed by atoms with Crippen LogP contribution in [0.1, 0.15) is 33.2 Å². The van der Waals surface area contributed by atoms with Crippen molar-refractivity contribution < 1.29 is 19.5 Å². The van der Waals surface area contributed by atoms with E-state index < -0.39 is 23.7 Å². The van der Waals surface area contributed by atoms with Gasteiger partial charge in [0.2, 0.25) is 0 Å². The Balaban J connectivity index is 2.29. The summed E-state index contributed by atoms with van der Waals surface area (Å²) >= 11 is 0.